The quantitative estimate of drug-likeness (QED) is 0.156. The summed E-state index contributed by atoms with van der Waals surface area (Å²) in [7, 11) is 0. The molecule has 0 saturated carbocycles. The summed E-state index contributed by atoms with van der Waals surface area (Å²) in [6.45, 7) is 5.84. The summed E-state index contributed by atoms with van der Waals surface area (Å²) >= 11 is 0. The van der Waals surface area contributed by atoms with E-state index < -0.39 is 0 Å². The molecule has 1 saturated heterocycles. The Kier molecular flexibility index (Phi) is 11.4. The van der Waals surface area contributed by atoms with E-state index in [2.05, 4.69) is 50.3 Å². The van der Waals surface area contributed by atoms with E-state index in [1.54, 1.807) is 0 Å². The number of ether oxygens (including phenoxy) is 2. The lowest BCUT2D eigenvalue weighted by Crippen LogP contribution is -2.16. The fourth-order valence-electron chi connectivity index (χ4n) is 3.42. The first-order valence-electron chi connectivity index (χ1n) is 11.7. The number of hydrogen-bond acceptors (Lipinski definition) is 2. The molecule has 1 atom stereocenters. The van der Waals surface area contributed by atoms with Gasteiger partial charge in [0.1, 0.15) is 18.0 Å². The monoisotopic (exact) mass is 386 g/mol. The number of rotatable bonds is 17. The van der Waals surface area contributed by atoms with E-state index in [-0.39, 0.29) is 5.60 Å². The van der Waals surface area contributed by atoms with Crippen LogP contribution in [-0.4, -0.2) is 18.8 Å². The van der Waals surface area contributed by atoms with Crippen LogP contribution in [0, 0.1) is 0 Å². The molecule has 0 amide bonds. The highest BCUT2D eigenvalue weighted by molar-refractivity contribution is 5.27. The van der Waals surface area contributed by atoms with E-state index in [0.29, 0.717) is 6.61 Å². The number of allylic oxidation sites excluding steroid dienone is 2. The van der Waals surface area contributed by atoms with Crippen LogP contribution in [0.3, 0.4) is 0 Å². The zero-order chi connectivity index (χ0) is 19.9. The molecule has 1 aliphatic rings. The normalized spacial score (nSPS) is 18.6. The Balaban J connectivity index is 1.40. The Bertz CT molecular complexity index is 528. The number of unbranched alkanes of at least 4 members (excludes halogenated alkanes) is 10. The highest BCUT2D eigenvalue weighted by atomic mass is 16.6. The van der Waals surface area contributed by atoms with Gasteiger partial charge in [0, 0.05) is 0 Å². The van der Waals surface area contributed by atoms with Gasteiger partial charge in [0.15, 0.2) is 0 Å². The molecule has 0 radical (unpaired) electrons. The minimum absolute atomic E-state index is 0.0412. The minimum atomic E-state index is -0.0412. The summed E-state index contributed by atoms with van der Waals surface area (Å²) in [5, 5.41) is 0. The van der Waals surface area contributed by atoms with Crippen molar-refractivity contribution >= 4 is 0 Å². The van der Waals surface area contributed by atoms with Crippen LogP contribution < -0.4 is 4.74 Å². The molecule has 1 aliphatic heterocycles. The molecule has 1 aromatic carbocycles. The lowest BCUT2D eigenvalue weighted by atomic mass is 10.1. The summed E-state index contributed by atoms with van der Waals surface area (Å²) in [4.78, 5) is 0. The number of epoxide rings is 1. The van der Waals surface area contributed by atoms with Crippen molar-refractivity contribution in [2.75, 3.05) is 13.2 Å². The number of benzene rings is 1. The summed E-state index contributed by atoms with van der Waals surface area (Å²) in [5.41, 5.74) is 1.37. The Hall–Kier alpha value is -1.28. The van der Waals surface area contributed by atoms with Gasteiger partial charge in [-0.1, -0.05) is 76.2 Å². The largest absolute Gasteiger partial charge is 0.491 e. The smallest absolute Gasteiger partial charge is 0.123 e. The van der Waals surface area contributed by atoms with Crippen LogP contribution in [0.15, 0.2) is 36.4 Å². The molecular weight excluding hydrogens is 344 g/mol. The van der Waals surface area contributed by atoms with Crippen LogP contribution in [0.1, 0.15) is 96.5 Å². The van der Waals surface area contributed by atoms with Gasteiger partial charge in [-0.15, -0.1) is 0 Å². The molecule has 0 aliphatic carbocycles. The first-order valence-corrected chi connectivity index (χ1v) is 11.7. The highest BCUT2D eigenvalue weighted by Crippen LogP contribution is 2.27. The lowest BCUT2D eigenvalue weighted by molar-refractivity contribution is 0.202. The lowest BCUT2D eigenvalue weighted by Gasteiger charge is -2.09. The zero-order valence-corrected chi connectivity index (χ0v) is 18.4. The van der Waals surface area contributed by atoms with Crippen molar-refractivity contribution in [2.24, 2.45) is 0 Å². The Morgan fingerprint density at radius 1 is 0.857 bits per heavy atom. The second-order valence-electron chi connectivity index (χ2n) is 8.65. The van der Waals surface area contributed by atoms with E-state index in [4.69, 9.17) is 9.47 Å². The SMILES string of the molecule is CCCCCCCCCC/C=C/CCCCc1ccc(OCC2(C)CO2)cc1. The summed E-state index contributed by atoms with van der Waals surface area (Å²) in [6, 6.07) is 8.57. The van der Waals surface area contributed by atoms with E-state index in [1.807, 2.05) is 0 Å². The first kappa shape index (κ1) is 23.0. The fraction of sp³-hybridized carbons (Fsp3) is 0.692. The standard InChI is InChI=1S/C26H42O2/c1-3-4-5-6-7-8-9-10-11-12-13-14-15-16-17-24-18-20-25(21-19-24)27-22-26(2)23-28-26/h12-13,18-21H,3-11,14-17,22-23H2,1-2H3/b13-12+. The van der Waals surface area contributed by atoms with Crippen molar-refractivity contribution in [3.63, 3.8) is 0 Å². The van der Waals surface area contributed by atoms with Crippen LogP contribution in [0.25, 0.3) is 0 Å². The molecule has 28 heavy (non-hydrogen) atoms. The number of aryl methyl sites for hydroxylation is 1. The maximum atomic E-state index is 5.78. The van der Waals surface area contributed by atoms with Crippen molar-refractivity contribution in [3.05, 3.63) is 42.0 Å². The summed E-state index contributed by atoms with van der Waals surface area (Å²) in [6.07, 6.45) is 22.2. The van der Waals surface area contributed by atoms with Crippen LogP contribution >= 0.6 is 0 Å². The second-order valence-corrected chi connectivity index (χ2v) is 8.65. The minimum Gasteiger partial charge on any atom is -0.491 e. The molecule has 158 valence electrons. The van der Waals surface area contributed by atoms with Gasteiger partial charge in [0.2, 0.25) is 0 Å². The van der Waals surface area contributed by atoms with E-state index in [9.17, 15) is 0 Å². The first-order chi connectivity index (χ1) is 13.7. The average Bonchev–Trinajstić information content (AvgIpc) is 3.45. The molecule has 1 heterocycles. The van der Waals surface area contributed by atoms with Gasteiger partial charge in [-0.3, -0.25) is 0 Å². The van der Waals surface area contributed by atoms with E-state index in [1.165, 1.54) is 82.6 Å². The fourth-order valence-corrected chi connectivity index (χ4v) is 3.42. The molecule has 0 bridgehead atoms. The van der Waals surface area contributed by atoms with Crippen LogP contribution in [0.4, 0.5) is 0 Å². The van der Waals surface area contributed by atoms with Crippen molar-refractivity contribution in [2.45, 2.75) is 103 Å². The van der Waals surface area contributed by atoms with Gasteiger partial charge < -0.3 is 9.47 Å². The van der Waals surface area contributed by atoms with Gasteiger partial charge in [-0.2, -0.15) is 0 Å². The third-order valence-electron chi connectivity index (χ3n) is 5.58. The summed E-state index contributed by atoms with van der Waals surface area (Å²) in [5.74, 6) is 0.948. The van der Waals surface area contributed by atoms with Crippen molar-refractivity contribution in [1.82, 2.24) is 0 Å². The molecule has 2 nitrogen and oxygen atoms in total. The second kappa shape index (κ2) is 13.8. The molecule has 2 heteroatoms. The maximum Gasteiger partial charge on any atom is 0.123 e. The van der Waals surface area contributed by atoms with Crippen molar-refractivity contribution in [3.8, 4) is 5.75 Å². The van der Waals surface area contributed by atoms with Crippen molar-refractivity contribution in [1.29, 1.82) is 0 Å². The molecule has 0 spiro atoms. The molecule has 0 aromatic heterocycles. The predicted octanol–water partition coefficient (Wildman–Crippen LogP) is 7.65. The Morgan fingerprint density at radius 3 is 2.04 bits per heavy atom. The van der Waals surface area contributed by atoms with Crippen LogP contribution in [-0.2, 0) is 11.2 Å². The topological polar surface area (TPSA) is 21.8 Å². The average molecular weight is 387 g/mol. The van der Waals surface area contributed by atoms with Crippen molar-refractivity contribution < 1.29 is 9.47 Å². The highest BCUT2D eigenvalue weighted by Gasteiger charge is 2.40. The van der Waals surface area contributed by atoms with Gasteiger partial charge in [-0.25, -0.2) is 0 Å². The number of hydrogen-bond donors (Lipinski definition) is 0. The van der Waals surface area contributed by atoms with Gasteiger partial charge in [0.25, 0.3) is 0 Å². The van der Waals surface area contributed by atoms with Gasteiger partial charge in [-0.05, 0) is 63.1 Å². The van der Waals surface area contributed by atoms with Gasteiger partial charge in [0.05, 0.1) is 6.61 Å². The molecule has 1 fully saturated rings. The Morgan fingerprint density at radius 2 is 1.43 bits per heavy atom. The van der Waals surface area contributed by atoms with Crippen LogP contribution in [0.2, 0.25) is 0 Å². The van der Waals surface area contributed by atoms with E-state index >= 15 is 0 Å². The molecule has 1 aromatic rings. The molecular formula is C26H42O2. The molecule has 2 rings (SSSR count). The third-order valence-corrected chi connectivity index (χ3v) is 5.58. The summed E-state index contributed by atoms with van der Waals surface area (Å²) < 4.78 is 11.1. The van der Waals surface area contributed by atoms with Crippen LogP contribution in [0.5, 0.6) is 5.75 Å². The maximum absolute atomic E-state index is 5.78. The predicted molar refractivity (Wildman–Crippen MR) is 120 cm³/mol. The zero-order valence-electron chi connectivity index (χ0n) is 18.4. The Labute approximate surface area is 173 Å². The molecule has 1 unspecified atom stereocenters. The molecule has 0 N–H and O–H groups in total. The van der Waals surface area contributed by atoms with Gasteiger partial charge >= 0.3 is 0 Å². The van der Waals surface area contributed by atoms with E-state index in [0.717, 1.165) is 18.8 Å². The third kappa shape index (κ3) is 10.9.